The average Bonchev–Trinajstić information content (AvgIpc) is 2.31. The molecule has 0 unspecified atom stereocenters. The topological polar surface area (TPSA) is 86.6 Å². The normalized spacial score (nSPS) is 11.9. The Hall–Kier alpha value is -1.95. The first-order valence-corrected chi connectivity index (χ1v) is 5.36. The number of halogens is 1. The Morgan fingerprint density at radius 1 is 1.44 bits per heavy atom. The molecule has 0 radical (unpaired) electrons. The van der Waals surface area contributed by atoms with Gasteiger partial charge in [-0.15, -0.1) is 0 Å². The molecule has 0 saturated heterocycles. The standard InChI is InChI=1S/C12H14FNO4/c1-7-2-3-8(13)6-9(7)11(16)14-10(4-5-15)12(17)18/h2-3,6,10,15H,4-5H2,1H3,(H,14,16)(H,17,18)/t10-/m0/s1. The zero-order valence-corrected chi connectivity index (χ0v) is 9.81. The molecule has 0 spiro atoms. The van der Waals surface area contributed by atoms with Crippen molar-refractivity contribution in [3.63, 3.8) is 0 Å². The van der Waals surface area contributed by atoms with Crippen LogP contribution in [-0.4, -0.2) is 34.7 Å². The van der Waals surface area contributed by atoms with Crippen molar-refractivity contribution in [1.29, 1.82) is 0 Å². The number of benzene rings is 1. The van der Waals surface area contributed by atoms with Gasteiger partial charge >= 0.3 is 5.97 Å². The van der Waals surface area contributed by atoms with Gasteiger partial charge in [0.05, 0.1) is 0 Å². The van der Waals surface area contributed by atoms with E-state index in [4.69, 9.17) is 10.2 Å². The molecule has 0 saturated carbocycles. The lowest BCUT2D eigenvalue weighted by Gasteiger charge is -2.14. The number of aliphatic hydroxyl groups excluding tert-OH is 1. The third kappa shape index (κ3) is 3.53. The Bertz CT molecular complexity index is 461. The minimum Gasteiger partial charge on any atom is -0.480 e. The van der Waals surface area contributed by atoms with E-state index in [9.17, 15) is 14.0 Å². The van der Waals surface area contributed by atoms with E-state index in [1.54, 1.807) is 6.92 Å². The van der Waals surface area contributed by atoms with Crippen LogP contribution < -0.4 is 5.32 Å². The molecule has 5 nitrogen and oxygen atoms in total. The zero-order chi connectivity index (χ0) is 13.7. The van der Waals surface area contributed by atoms with Crippen molar-refractivity contribution in [3.05, 3.63) is 35.1 Å². The van der Waals surface area contributed by atoms with Gasteiger partial charge in [0.2, 0.25) is 0 Å². The number of aliphatic hydroxyl groups is 1. The second-order valence-corrected chi connectivity index (χ2v) is 3.84. The first kappa shape index (κ1) is 14.1. The Morgan fingerprint density at radius 3 is 2.67 bits per heavy atom. The SMILES string of the molecule is Cc1ccc(F)cc1C(=O)N[C@@H](CCO)C(=O)O. The third-order valence-electron chi connectivity index (χ3n) is 2.47. The van der Waals surface area contributed by atoms with Crippen molar-refractivity contribution in [3.8, 4) is 0 Å². The lowest BCUT2D eigenvalue weighted by atomic mass is 10.1. The summed E-state index contributed by atoms with van der Waals surface area (Å²) in [6.07, 6.45) is -0.102. The number of carbonyl (C=O) groups excluding carboxylic acids is 1. The summed E-state index contributed by atoms with van der Waals surface area (Å²) in [5.74, 6) is -2.49. The van der Waals surface area contributed by atoms with Gasteiger partial charge in [0, 0.05) is 18.6 Å². The number of aryl methyl sites for hydroxylation is 1. The molecule has 0 aromatic heterocycles. The Balaban J connectivity index is 2.86. The van der Waals surface area contributed by atoms with E-state index in [-0.39, 0.29) is 18.6 Å². The number of carboxylic acids is 1. The van der Waals surface area contributed by atoms with E-state index in [0.717, 1.165) is 6.07 Å². The fraction of sp³-hybridized carbons (Fsp3) is 0.333. The van der Waals surface area contributed by atoms with Crippen LogP contribution in [0.25, 0.3) is 0 Å². The van der Waals surface area contributed by atoms with Crippen LogP contribution >= 0.6 is 0 Å². The smallest absolute Gasteiger partial charge is 0.326 e. The maximum absolute atomic E-state index is 13.0. The van der Waals surface area contributed by atoms with Crippen molar-refractivity contribution in [2.24, 2.45) is 0 Å². The van der Waals surface area contributed by atoms with Gasteiger partial charge in [0.1, 0.15) is 11.9 Å². The molecule has 6 heteroatoms. The number of rotatable bonds is 5. The number of carboxylic acid groups (broad SMARTS) is 1. The number of amides is 1. The summed E-state index contributed by atoms with van der Waals surface area (Å²) in [6.45, 7) is 1.26. The Morgan fingerprint density at radius 2 is 2.11 bits per heavy atom. The molecule has 1 amide bonds. The van der Waals surface area contributed by atoms with Gasteiger partial charge in [-0.3, -0.25) is 4.79 Å². The molecule has 0 aliphatic rings. The van der Waals surface area contributed by atoms with Crippen LogP contribution in [0.2, 0.25) is 0 Å². The molecule has 0 aliphatic carbocycles. The van der Waals surface area contributed by atoms with Crippen LogP contribution in [0.15, 0.2) is 18.2 Å². The highest BCUT2D eigenvalue weighted by atomic mass is 19.1. The van der Waals surface area contributed by atoms with E-state index in [0.29, 0.717) is 5.56 Å². The van der Waals surface area contributed by atoms with Crippen molar-refractivity contribution in [2.75, 3.05) is 6.61 Å². The molecular weight excluding hydrogens is 241 g/mol. The fourth-order valence-corrected chi connectivity index (χ4v) is 1.46. The second-order valence-electron chi connectivity index (χ2n) is 3.84. The number of carbonyl (C=O) groups is 2. The second kappa shape index (κ2) is 6.11. The van der Waals surface area contributed by atoms with Crippen molar-refractivity contribution < 1.29 is 24.2 Å². The molecule has 98 valence electrons. The number of hydrogen-bond acceptors (Lipinski definition) is 3. The van der Waals surface area contributed by atoms with Crippen molar-refractivity contribution in [2.45, 2.75) is 19.4 Å². The van der Waals surface area contributed by atoms with E-state index >= 15 is 0 Å². The number of nitrogens with one attached hydrogen (secondary N) is 1. The maximum Gasteiger partial charge on any atom is 0.326 e. The number of aliphatic carboxylic acids is 1. The molecule has 1 rings (SSSR count). The molecule has 0 heterocycles. The highest BCUT2D eigenvalue weighted by Gasteiger charge is 2.21. The molecule has 18 heavy (non-hydrogen) atoms. The summed E-state index contributed by atoms with van der Waals surface area (Å²) in [5, 5.41) is 19.8. The van der Waals surface area contributed by atoms with Crippen LogP contribution in [0.4, 0.5) is 4.39 Å². The minimum atomic E-state index is -1.24. The number of hydrogen-bond donors (Lipinski definition) is 3. The summed E-state index contributed by atoms with van der Waals surface area (Å²) in [7, 11) is 0. The molecule has 1 aromatic rings. The highest BCUT2D eigenvalue weighted by molar-refractivity contribution is 5.97. The molecular formula is C12H14FNO4. The van der Waals surface area contributed by atoms with Gasteiger partial charge in [-0.1, -0.05) is 6.07 Å². The summed E-state index contributed by atoms with van der Waals surface area (Å²) >= 11 is 0. The monoisotopic (exact) mass is 255 g/mol. The van der Waals surface area contributed by atoms with Crippen molar-refractivity contribution >= 4 is 11.9 Å². The van der Waals surface area contributed by atoms with Gasteiger partial charge < -0.3 is 15.5 Å². The third-order valence-corrected chi connectivity index (χ3v) is 2.47. The van der Waals surface area contributed by atoms with Crippen LogP contribution in [0.3, 0.4) is 0 Å². The zero-order valence-electron chi connectivity index (χ0n) is 9.81. The molecule has 1 aromatic carbocycles. The lowest BCUT2D eigenvalue weighted by molar-refractivity contribution is -0.139. The highest BCUT2D eigenvalue weighted by Crippen LogP contribution is 2.10. The van der Waals surface area contributed by atoms with E-state index in [2.05, 4.69) is 5.32 Å². The van der Waals surface area contributed by atoms with Crippen LogP contribution in [-0.2, 0) is 4.79 Å². The van der Waals surface area contributed by atoms with E-state index in [1.165, 1.54) is 12.1 Å². The predicted molar refractivity (Wildman–Crippen MR) is 61.7 cm³/mol. The molecule has 0 fully saturated rings. The van der Waals surface area contributed by atoms with Crippen LogP contribution in [0.5, 0.6) is 0 Å². The van der Waals surface area contributed by atoms with Crippen LogP contribution in [0, 0.1) is 12.7 Å². The summed E-state index contributed by atoms with van der Waals surface area (Å²) in [4.78, 5) is 22.6. The Kier molecular flexibility index (Phi) is 4.79. The largest absolute Gasteiger partial charge is 0.480 e. The van der Waals surface area contributed by atoms with Gasteiger partial charge in [0.25, 0.3) is 5.91 Å². The Labute approximate surface area is 103 Å². The summed E-state index contributed by atoms with van der Waals surface area (Å²) in [5.41, 5.74) is 0.626. The molecule has 0 bridgehead atoms. The maximum atomic E-state index is 13.0. The molecule has 1 atom stereocenters. The first-order valence-electron chi connectivity index (χ1n) is 5.36. The summed E-state index contributed by atoms with van der Waals surface area (Å²) < 4.78 is 13.0. The predicted octanol–water partition coefficient (Wildman–Crippen LogP) is 0.700. The lowest BCUT2D eigenvalue weighted by Crippen LogP contribution is -2.41. The van der Waals surface area contributed by atoms with E-state index in [1.807, 2.05) is 0 Å². The average molecular weight is 255 g/mol. The van der Waals surface area contributed by atoms with Gasteiger partial charge in [0.15, 0.2) is 0 Å². The van der Waals surface area contributed by atoms with Crippen molar-refractivity contribution in [1.82, 2.24) is 5.32 Å². The quantitative estimate of drug-likeness (QED) is 0.722. The molecule has 0 aliphatic heterocycles. The van der Waals surface area contributed by atoms with Gasteiger partial charge in [-0.2, -0.15) is 0 Å². The minimum absolute atomic E-state index is 0.0826. The molecule has 3 N–H and O–H groups in total. The first-order chi connectivity index (χ1) is 8.45. The van der Waals surface area contributed by atoms with E-state index < -0.39 is 23.7 Å². The van der Waals surface area contributed by atoms with Crippen LogP contribution in [0.1, 0.15) is 22.3 Å². The fourth-order valence-electron chi connectivity index (χ4n) is 1.46. The summed E-state index contributed by atoms with van der Waals surface area (Å²) in [6, 6.07) is 2.51. The van der Waals surface area contributed by atoms with Gasteiger partial charge in [-0.05, 0) is 24.6 Å². The van der Waals surface area contributed by atoms with Gasteiger partial charge in [-0.25, -0.2) is 9.18 Å².